The Kier molecular flexibility index (Phi) is 5.78. The number of hydrogen-bond acceptors (Lipinski definition) is 4. The van der Waals surface area contributed by atoms with Crippen LogP contribution in [0.2, 0.25) is 0 Å². The zero-order valence-corrected chi connectivity index (χ0v) is 18.6. The molecule has 0 unspecified atom stereocenters. The highest BCUT2D eigenvalue weighted by molar-refractivity contribution is 5.96. The summed E-state index contributed by atoms with van der Waals surface area (Å²) < 4.78 is 5.15. The van der Waals surface area contributed by atoms with Gasteiger partial charge in [-0.05, 0) is 36.4 Å². The fourth-order valence-corrected chi connectivity index (χ4v) is 4.76. The van der Waals surface area contributed by atoms with Gasteiger partial charge < -0.3 is 24.8 Å². The molecule has 2 aliphatic rings. The summed E-state index contributed by atoms with van der Waals surface area (Å²) in [6.45, 7) is 1.43. The van der Waals surface area contributed by atoms with Crippen LogP contribution in [0.1, 0.15) is 10.4 Å². The number of methoxy groups -OCH3 is 1. The van der Waals surface area contributed by atoms with Crippen molar-refractivity contribution >= 4 is 23.5 Å². The lowest BCUT2D eigenvalue weighted by Crippen LogP contribution is -2.48. The molecule has 0 radical (unpaired) electrons. The van der Waals surface area contributed by atoms with Gasteiger partial charge in [-0.25, -0.2) is 4.79 Å². The number of rotatable bonds is 4. The molecule has 8 nitrogen and oxygen atoms in total. The Morgan fingerprint density at radius 1 is 0.969 bits per heavy atom. The van der Waals surface area contributed by atoms with Crippen LogP contribution in [0.3, 0.4) is 0 Å². The van der Waals surface area contributed by atoms with E-state index < -0.39 is 5.41 Å². The standard InChI is InChI=1S/C24H28N4O4/c1-26(2)22(30)24-15-27(21(29)17-7-5-4-6-8-17)13-18(24)14-28(16-24)23(31)25-19-9-11-20(32-3)12-10-19/h4-12,18H,13-16H2,1-3H3,(H,25,31)/t18-,24-/m0/s1. The molecule has 4 rings (SSSR count). The first-order chi connectivity index (χ1) is 15.3. The van der Waals surface area contributed by atoms with Gasteiger partial charge in [0, 0.05) is 57.4 Å². The van der Waals surface area contributed by atoms with E-state index in [9.17, 15) is 14.4 Å². The number of nitrogens with zero attached hydrogens (tertiary/aromatic N) is 3. The zero-order valence-electron chi connectivity index (χ0n) is 18.6. The molecule has 2 fully saturated rings. The maximum absolute atomic E-state index is 13.3. The van der Waals surface area contributed by atoms with Crippen molar-refractivity contribution in [1.82, 2.24) is 14.7 Å². The number of ether oxygens (including phenoxy) is 1. The number of benzene rings is 2. The average molecular weight is 437 g/mol. The van der Waals surface area contributed by atoms with Crippen LogP contribution in [-0.2, 0) is 4.79 Å². The number of carbonyl (C=O) groups excluding carboxylic acids is 3. The number of anilines is 1. The molecular formula is C24H28N4O4. The van der Waals surface area contributed by atoms with E-state index >= 15 is 0 Å². The van der Waals surface area contributed by atoms with Crippen LogP contribution in [0.5, 0.6) is 5.75 Å². The highest BCUT2D eigenvalue weighted by Gasteiger charge is 2.59. The van der Waals surface area contributed by atoms with E-state index in [1.54, 1.807) is 72.3 Å². The van der Waals surface area contributed by atoms with E-state index in [0.717, 1.165) is 0 Å². The van der Waals surface area contributed by atoms with Crippen molar-refractivity contribution in [2.24, 2.45) is 11.3 Å². The van der Waals surface area contributed by atoms with Gasteiger partial charge in [0.15, 0.2) is 0 Å². The van der Waals surface area contributed by atoms with Gasteiger partial charge in [-0.2, -0.15) is 0 Å². The van der Waals surface area contributed by atoms with Gasteiger partial charge in [0.05, 0.1) is 12.5 Å². The van der Waals surface area contributed by atoms with Gasteiger partial charge in [0.1, 0.15) is 5.75 Å². The minimum atomic E-state index is -0.800. The van der Waals surface area contributed by atoms with Crippen molar-refractivity contribution < 1.29 is 19.1 Å². The summed E-state index contributed by atoms with van der Waals surface area (Å²) in [5, 5.41) is 2.90. The molecule has 2 atom stereocenters. The van der Waals surface area contributed by atoms with Gasteiger partial charge in [-0.15, -0.1) is 0 Å². The molecule has 0 saturated carbocycles. The van der Waals surface area contributed by atoms with Crippen molar-refractivity contribution in [3.63, 3.8) is 0 Å². The van der Waals surface area contributed by atoms with E-state index in [2.05, 4.69) is 5.32 Å². The first-order valence-electron chi connectivity index (χ1n) is 10.6. The van der Waals surface area contributed by atoms with Crippen LogP contribution in [0, 0.1) is 11.3 Å². The minimum absolute atomic E-state index is 0.0504. The monoisotopic (exact) mass is 436 g/mol. The molecule has 32 heavy (non-hydrogen) atoms. The molecule has 0 aliphatic carbocycles. The smallest absolute Gasteiger partial charge is 0.321 e. The Morgan fingerprint density at radius 2 is 1.59 bits per heavy atom. The predicted molar refractivity (Wildman–Crippen MR) is 121 cm³/mol. The molecule has 1 N–H and O–H groups in total. The topological polar surface area (TPSA) is 82.2 Å². The van der Waals surface area contributed by atoms with Crippen LogP contribution < -0.4 is 10.1 Å². The van der Waals surface area contributed by atoms with Crippen LogP contribution in [0.25, 0.3) is 0 Å². The Morgan fingerprint density at radius 3 is 2.22 bits per heavy atom. The van der Waals surface area contributed by atoms with Gasteiger partial charge in [0.25, 0.3) is 5.91 Å². The molecule has 2 aliphatic heterocycles. The molecule has 2 aromatic rings. The Balaban J connectivity index is 1.51. The van der Waals surface area contributed by atoms with Gasteiger partial charge in [0.2, 0.25) is 5.91 Å². The molecule has 0 aromatic heterocycles. The molecule has 168 valence electrons. The summed E-state index contributed by atoms with van der Waals surface area (Å²) in [4.78, 5) is 44.2. The van der Waals surface area contributed by atoms with E-state index in [4.69, 9.17) is 4.74 Å². The number of nitrogens with one attached hydrogen (secondary N) is 1. The molecule has 0 spiro atoms. The Labute approximate surface area is 187 Å². The molecule has 8 heteroatoms. The second kappa shape index (κ2) is 8.53. The molecule has 4 amide bonds. The first kappa shape index (κ1) is 21.7. The normalized spacial score (nSPS) is 21.8. The molecule has 0 bridgehead atoms. The molecular weight excluding hydrogens is 408 g/mol. The van der Waals surface area contributed by atoms with Gasteiger partial charge in [-0.3, -0.25) is 9.59 Å². The lowest BCUT2D eigenvalue weighted by Gasteiger charge is -2.30. The Hall–Kier alpha value is -3.55. The predicted octanol–water partition coefficient (Wildman–Crippen LogP) is 2.39. The van der Waals surface area contributed by atoms with Crippen LogP contribution in [0.4, 0.5) is 10.5 Å². The summed E-state index contributed by atoms with van der Waals surface area (Å²) in [5.74, 6) is 0.454. The second-order valence-corrected chi connectivity index (χ2v) is 8.64. The van der Waals surface area contributed by atoms with Gasteiger partial charge in [-0.1, -0.05) is 18.2 Å². The third-order valence-corrected chi connectivity index (χ3v) is 6.38. The fraction of sp³-hybridized carbons (Fsp3) is 0.375. The summed E-state index contributed by atoms with van der Waals surface area (Å²) in [6, 6.07) is 15.9. The first-order valence-corrected chi connectivity index (χ1v) is 10.6. The fourth-order valence-electron chi connectivity index (χ4n) is 4.76. The number of likely N-dealkylation sites (tertiary alicyclic amines) is 2. The number of carbonyl (C=O) groups is 3. The van der Waals surface area contributed by atoms with E-state index in [1.807, 2.05) is 18.2 Å². The highest BCUT2D eigenvalue weighted by Crippen LogP contribution is 2.44. The van der Waals surface area contributed by atoms with Crippen molar-refractivity contribution in [1.29, 1.82) is 0 Å². The maximum atomic E-state index is 13.3. The highest BCUT2D eigenvalue weighted by atomic mass is 16.5. The summed E-state index contributed by atoms with van der Waals surface area (Å²) in [5.41, 5.74) is 0.460. The zero-order chi connectivity index (χ0) is 22.9. The SMILES string of the molecule is COc1ccc(NC(=O)N2C[C@@H]3CN(C(=O)c4ccccc4)C[C@]3(C(=O)N(C)C)C2)cc1. The van der Waals surface area contributed by atoms with E-state index in [0.29, 0.717) is 36.6 Å². The lowest BCUT2D eigenvalue weighted by molar-refractivity contribution is -0.139. The van der Waals surface area contributed by atoms with Crippen LogP contribution in [0.15, 0.2) is 54.6 Å². The third kappa shape index (κ3) is 3.88. The molecule has 2 aromatic carbocycles. The quantitative estimate of drug-likeness (QED) is 0.798. The summed E-state index contributed by atoms with van der Waals surface area (Å²) >= 11 is 0. The molecule has 2 saturated heterocycles. The number of fused-ring (bicyclic) bond motifs is 1. The van der Waals surface area contributed by atoms with E-state index in [-0.39, 0.29) is 30.3 Å². The van der Waals surface area contributed by atoms with Crippen LogP contribution in [-0.4, -0.2) is 79.9 Å². The summed E-state index contributed by atoms with van der Waals surface area (Å²) in [7, 11) is 5.02. The lowest BCUT2D eigenvalue weighted by atomic mass is 9.80. The number of amides is 4. The van der Waals surface area contributed by atoms with Crippen LogP contribution >= 0.6 is 0 Å². The summed E-state index contributed by atoms with van der Waals surface area (Å²) in [6.07, 6.45) is 0. The Bertz CT molecular complexity index is 1010. The largest absolute Gasteiger partial charge is 0.497 e. The third-order valence-electron chi connectivity index (χ3n) is 6.38. The van der Waals surface area contributed by atoms with Gasteiger partial charge >= 0.3 is 6.03 Å². The van der Waals surface area contributed by atoms with Crippen molar-refractivity contribution in [2.75, 3.05) is 52.7 Å². The average Bonchev–Trinajstić information content (AvgIpc) is 3.35. The van der Waals surface area contributed by atoms with E-state index in [1.165, 1.54) is 0 Å². The molecule has 2 heterocycles. The van der Waals surface area contributed by atoms with Crippen molar-refractivity contribution in [3.05, 3.63) is 60.2 Å². The maximum Gasteiger partial charge on any atom is 0.321 e. The minimum Gasteiger partial charge on any atom is -0.497 e. The van der Waals surface area contributed by atoms with Crippen molar-refractivity contribution in [2.45, 2.75) is 0 Å². The number of hydrogen-bond donors (Lipinski definition) is 1. The van der Waals surface area contributed by atoms with Crippen molar-refractivity contribution in [3.8, 4) is 5.75 Å². The second-order valence-electron chi connectivity index (χ2n) is 8.64. The number of urea groups is 1.